The second-order valence-corrected chi connectivity index (χ2v) is 4.33. The summed E-state index contributed by atoms with van der Waals surface area (Å²) in [6.45, 7) is 3.61. The van der Waals surface area contributed by atoms with Crippen LogP contribution in [0, 0.1) is 5.21 Å². The Labute approximate surface area is 82.0 Å². The zero-order chi connectivity index (χ0) is 9.84. The molecule has 2 unspecified atom stereocenters. The minimum atomic E-state index is -0.412. The lowest BCUT2D eigenvalue weighted by atomic mass is 10.3. The van der Waals surface area contributed by atoms with Gasteiger partial charge in [0.2, 0.25) is 0 Å². The molecule has 0 saturated heterocycles. The van der Waals surface area contributed by atoms with Gasteiger partial charge >= 0.3 is 0 Å². The van der Waals surface area contributed by atoms with Gasteiger partial charge in [-0.15, -0.1) is 0 Å². The monoisotopic (exact) mass is 199 g/mol. The Morgan fingerprint density at radius 1 is 1.46 bits per heavy atom. The zero-order valence-corrected chi connectivity index (χ0v) is 8.49. The van der Waals surface area contributed by atoms with E-state index >= 15 is 0 Å². The second kappa shape index (κ2) is 4.48. The molecule has 0 fully saturated rings. The van der Waals surface area contributed by atoms with Gasteiger partial charge in [-0.05, 0) is 13.0 Å². The predicted octanol–water partition coefficient (Wildman–Crippen LogP) is 1.18. The highest BCUT2D eigenvalue weighted by atomic mass is 32.2. The summed E-state index contributed by atoms with van der Waals surface area (Å²) in [5, 5.41) is 21.1. The molecule has 1 rings (SSSR count). The third kappa shape index (κ3) is 2.90. The molecule has 13 heavy (non-hydrogen) atoms. The summed E-state index contributed by atoms with van der Waals surface area (Å²) >= 11 is 1.38. The highest BCUT2D eigenvalue weighted by Gasteiger charge is 2.14. The number of pyridine rings is 1. The molecule has 0 aliphatic heterocycles. The first kappa shape index (κ1) is 10.3. The van der Waals surface area contributed by atoms with Crippen molar-refractivity contribution in [1.29, 1.82) is 0 Å². The van der Waals surface area contributed by atoms with Gasteiger partial charge in [-0.1, -0.05) is 18.7 Å². The van der Waals surface area contributed by atoms with Gasteiger partial charge in [0.1, 0.15) is 0 Å². The average Bonchev–Trinajstić information content (AvgIpc) is 2.08. The van der Waals surface area contributed by atoms with Crippen LogP contribution in [0.15, 0.2) is 29.4 Å². The van der Waals surface area contributed by atoms with E-state index in [1.165, 1.54) is 18.0 Å². The summed E-state index contributed by atoms with van der Waals surface area (Å²) in [6.07, 6.45) is 1.04. The van der Waals surface area contributed by atoms with Crippen molar-refractivity contribution < 1.29 is 9.84 Å². The number of rotatable bonds is 3. The molecule has 1 aromatic heterocycles. The first-order valence-corrected chi connectivity index (χ1v) is 5.02. The standard InChI is InChI=1S/C9H13NO2S/c1-7(11)8(2)13-9-5-3-4-6-10(9)12/h3-8,11H,1-2H3. The van der Waals surface area contributed by atoms with Crippen molar-refractivity contribution in [2.75, 3.05) is 0 Å². The van der Waals surface area contributed by atoms with Crippen molar-refractivity contribution in [2.45, 2.75) is 30.2 Å². The molecule has 0 radical (unpaired) electrons. The van der Waals surface area contributed by atoms with E-state index in [1.807, 2.05) is 13.0 Å². The maximum absolute atomic E-state index is 11.2. The molecule has 2 atom stereocenters. The fourth-order valence-corrected chi connectivity index (χ4v) is 1.69. The van der Waals surface area contributed by atoms with Crippen LogP contribution in [0.5, 0.6) is 0 Å². The number of aliphatic hydroxyl groups excluding tert-OH is 1. The van der Waals surface area contributed by atoms with E-state index in [-0.39, 0.29) is 5.25 Å². The molecule has 0 spiro atoms. The molecule has 1 aromatic rings. The maximum Gasteiger partial charge on any atom is 0.251 e. The highest BCUT2D eigenvalue weighted by Crippen LogP contribution is 2.21. The predicted molar refractivity (Wildman–Crippen MR) is 52.4 cm³/mol. The molecule has 0 amide bonds. The molecule has 0 aliphatic rings. The molecule has 0 saturated carbocycles. The first-order chi connectivity index (χ1) is 6.11. The van der Waals surface area contributed by atoms with Crippen LogP contribution in [0.3, 0.4) is 0 Å². The van der Waals surface area contributed by atoms with Gasteiger partial charge in [-0.25, -0.2) is 0 Å². The third-order valence-corrected chi connectivity index (χ3v) is 3.10. The lowest BCUT2D eigenvalue weighted by molar-refractivity contribution is -0.645. The Morgan fingerprint density at radius 3 is 2.69 bits per heavy atom. The van der Waals surface area contributed by atoms with E-state index < -0.39 is 6.10 Å². The Hall–Kier alpha value is -0.740. The highest BCUT2D eigenvalue weighted by molar-refractivity contribution is 7.99. The van der Waals surface area contributed by atoms with E-state index in [2.05, 4.69) is 0 Å². The van der Waals surface area contributed by atoms with Crippen LogP contribution in [-0.2, 0) is 0 Å². The first-order valence-electron chi connectivity index (χ1n) is 4.14. The molecule has 1 N–H and O–H groups in total. The SMILES string of the molecule is CC(O)C(C)Sc1cccc[n+]1[O-]. The third-order valence-electron chi connectivity index (χ3n) is 1.77. The van der Waals surface area contributed by atoms with E-state index in [0.717, 1.165) is 4.73 Å². The van der Waals surface area contributed by atoms with Crippen molar-refractivity contribution in [1.82, 2.24) is 0 Å². The topological polar surface area (TPSA) is 47.2 Å². The van der Waals surface area contributed by atoms with E-state index in [1.54, 1.807) is 19.1 Å². The molecule has 4 heteroatoms. The Balaban J connectivity index is 2.69. The summed E-state index contributed by atoms with van der Waals surface area (Å²) in [4.78, 5) is 0. The molecule has 1 heterocycles. The van der Waals surface area contributed by atoms with Crippen LogP contribution >= 0.6 is 11.8 Å². The zero-order valence-electron chi connectivity index (χ0n) is 7.68. The van der Waals surface area contributed by atoms with Gasteiger partial charge in [0, 0.05) is 17.4 Å². The minimum absolute atomic E-state index is 0.0302. The molecule has 0 bridgehead atoms. The van der Waals surface area contributed by atoms with Crippen molar-refractivity contribution in [2.24, 2.45) is 0 Å². The van der Waals surface area contributed by atoms with Crippen LogP contribution < -0.4 is 4.73 Å². The summed E-state index contributed by atoms with van der Waals surface area (Å²) < 4.78 is 0.809. The number of thioether (sulfide) groups is 1. The Kier molecular flexibility index (Phi) is 3.57. The van der Waals surface area contributed by atoms with Gasteiger partial charge in [0.15, 0.2) is 6.20 Å². The minimum Gasteiger partial charge on any atom is -0.618 e. The molecule has 72 valence electrons. The maximum atomic E-state index is 11.2. The van der Waals surface area contributed by atoms with Gasteiger partial charge in [0.25, 0.3) is 5.03 Å². The van der Waals surface area contributed by atoms with Crippen LogP contribution in [-0.4, -0.2) is 16.5 Å². The van der Waals surface area contributed by atoms with E-state index in [9.17, 15) is 10.3 Å². The van der Waals surface area contributed by atoms with Gasteiger partial charge in [-0.3, -0.25) is 0 Å². The van der Waals surface area contributed by atoms with Gasteiger partial charge in [-0.2, -0.15) is 4.73 Å². The van der Waals surface area contributed by atoms with Crippen molar-refractivity contribution in [3.8, 4) is 0 Å². The number of aliphatic hydroxyl groups is 1. The average molecular weight is 199 g/mol. The van der Waals surface area contributed by atoms with E-state index in [4.69, 9.17) is 0 Å². The molecular formula is C9H13NO2S. The summed E-state index contributed by atoms with van der Waals surface area (Å²) in [5.41, 5.74) is 0. The molecule has 3 nitrogen and oxygen atoms in total. The number of hydrogen-bond donors (Lipinski definition) is 1. The second-order valence-electron chi connectivity index (χ2n) is 2.93. The van der Waals surface area contributed by atoms with Crippen LogP contribution in [0.25, 0.3) is 0 Å². The van der Waals surface area contributed by atoms with Crippen molar-refractivity contribution in [3.63, 3.8) is 0 Å². The Bertz CT molecular complexity index is 278. The summed E-state index contributed by atoms with van der Waals surface area (Å²) in [5.74, 6) is 0. The summed E-state index contributed by atoms with van der Waals surface area (Å²) in [6, 6.07) is 5.24. The van der Waals surface area contributed by atoms with Crippen LogP contribution in [0.4, 0.5) is 0 Å². The lowest BCUT2D eigenvalue weighted by Crippen LogP contribution is -2.29. The summed E-state index contributed by atoms with van der Waals surface area (Å²) in [7, 11) is 0. The van der Waals surface area contributed by atoms with Gasteiger partial charge < -0.3 is 10.3 Å². The van der Waals surface area contributed by atoms with Crippen molar-refractivity contribution in [3.05, 3.63) is 29.6 Å². The van der Waals surface area contributed by atoms with Crippen LogP contribution in [0.2, 0.25) is 0 Å². The smallest absolute Gasteiger partial charge is 0.251 e. The molecule has 0 aliphatic carbocycles. The van der Waals surface area contributed by atoms with E-state index in [0.29, 0.717) is 5.03 Å². The quantitative estimate of drug-likeness (QED) is 0.452. The van der Waals surface area contributed by atoms with Gasteiger partial charge in [0.05, 0.1) is 6.10 Å². The largest absolute Gasteiger partial charge is 0.618 e. The fourth-order valence-electron chi connectivity index (χ4n) is 0.793. The molecular weight excluding hydrogens is 186 g/mol. The lowest BCUT2D eigenvalue weighted by Gasteiger charge is -2.12. The normalized spacial score (nSPS) is 15.3. The van der Waals surface area contributed by atoms with Crippen molar-refractivity contribution >= 4 is 11.8 Å². The van der Waals surface area contributed by atoms with Crippen LogP contribution in [0.1, 0.15) is 13.8 Å². The fraction of sp³-hybridized carbons (Fsp3) is 0.444. The number of hydrogen-bond acceptors (Lipinski definition) is 3. The Morgan fingerprint density at radius 2 is 2.15 bits per heavy atom. The molecule has 0 aromatic carbocycles. The number of aromatic nitrogens is 1. The number of nitrogens with zero attached hydrogens (tertiary/aromatic N) is 1.